The van der Waals surface area contributed by atoms with Crippen LogP contribution in [0.2, 0.25) is 5.02 Å². The van der Waals surface area contributed by atoms with E-state index >= 15 is 4.39 Å². The van der Waals surface area contributed by atoms with Gasteiger partial charge in [-0.2, -0.15) is 0 Å². The molecular weight excluding hydrogens is 439 g/mol. The maximum absolute atomic E-state index is 15.7. The molecule has 4 rings (SSSR count). The van der Waals surface area contributed by atoms with Crippen molar-refractivity contribution in [3.63, 3.8) is 0 Å². The molecule has 1 fully saturated rings. The highest BCUT2D eigenvalue weighted by atomic mass is 35.5. The number of nitrogens with one attached hydrogen (secondary N) is 1. The van der Waals surface area contributed by atoms with Gasteiger partial charge in [0.1, 0.15) is 11.8 Å². The molecule has 1 amide bonds. The van der Waals surface area contributed by atoms with Crippen molar-refractivity contribution in [1.29, 1.82) is 0 Å². The molecule has 2 aromatic carbocycles. The van der Waals surface area contributed by atoms with E-state index in [1.165, 1.54) is 10.6 Å². The predicted octanol–water partition coefficient (Wildman–Crippen LogP) is 3.75. The molecule has 1 aromatic heterocycles. The molecule has 1 aliphatic rings. The molecule has 8 nitrogen and oxygen atoms in total. The van der Waals surface area contributed by atoms with E-state index in [-0.39, 0.29) is 41.3 Å². The summed E-state index contributed by atoms with van der Waals surface area (Å²) < 4.78 is 22.2. The van der Waals surface area contributed by atoms with Crippen molar-refractivity contribution < 1.29 is 23.5 Å². The first-order valence-electron chi connectivity index (χ1n) is 9.96. The molecule has 0 atom stereocenters. The van der Waals surface area contributed by atoms with Crippen LogP contribution in [0.25, 0.3) is 11.0 Å². The molecule has 0 saturated heterocycles. The number of halogens is 2. The minimum atomic E-state index is -0.927. The molecule has 0 unspecified atom stereocenters. The molecule has 1 aliphatic carbocycles. The third-order valence-corrected chi connectivity index (χ3v) is 5.51. The summed E-state index contributed by atoms with van der Waals surface area (Å²) in [5.41, 5.74) is 6.24. The number of rotatable bonds is 8. The monoisotopic (exact) mass is 458 g/mol. The van der Waals surface area contributed by atoms with Gasteiger partial charge in [-0.1, -0.05) is 11.6 Å². The minimum absolute atomic E-state index is 0.0835. The molecule has 1 saturated carbocycles. The summed E-state index contributed by atoms with van der Waals surface area (Å²) in [4.78, 5) is 39.8. The number of benzene rings is 2. The number of aldehydes is 1. The Kier molecular flexibility index (Phi) is 5.84. The second-order valence-electron chi connectivity index (χ2n) is 7.68. The van der Waals surface area contributed by atoms with Crippen molar-refractivity contribution in [3.05, 3.63) is 52.1 Å². The second kappa shape index (κ2) is 8.58. The van der Waals surface area contributed by atoms with Crippen molar-refractivity contribution in [1.82, 2.24) is 9.55 Å². The summed E-state index contributed by atoms with van der Waals surface area (Å²) in [6.07, 6.45) is 2.48. The fourth-order valence-electron chi connectivity index (χ4n) is 3.41. The smallest absolute Gasteiger partial charge is 0.340 e. The Labute approximate surface area is 187 Å². The molecule has 10 heteroatoms. The molecule has 0 aliphatic heterocycles. The van der Waals surface area contributed by atoms with Gasteiger partial charge in [0, 0.05) is 10.7 Å². The molecule has 0 bridgehead atoms. The number of nitrogens with two attached hydrogens (primary N) is 1. The van der Waals surface area contributed by atoms with Crippen molar-refractivity contribution in [3.8, 4) is 0 Å². The fourth-order valence-corrected chi connectivity index (χ4v) is 3.63. The quantitative estimate of drug-likeness (QED) is 0.392. The number of hydrogen-bond acceptors (Lipinski definition) is 6. The van der Waals surface area contributed by atoms with Crippen LogP contribution in [0.3, 0.4) is 0 Å². The number of primary amides is 1. The Hall–Kier alpha value is -3.46. The minimum Gasteiger partial charge on any atom is -0.462 e. The third-order valence-electron chi connectivity index (χ3n) is 5.28. The fraction of sp³-hybridized carbons (Fsp3) is 0.273. The van der Waals surface area contributed by atoms with E-state index in [0.717, 1.165) is 18.4 Å². The number of nitrogens with zero attached hydrogens (tertiary/aromatic N) is 2. The zero-order chi connectivity index (χ0) is 23.0. The summed E-state index contributed by atoms with van der Waals surface area (Å²) in [5, 5.41) is 3.44. The normalized spacial score (nSPS) is 13.2. The van der Waals surface area contributed by atoms with Gasteiger partial charge in [-0.25, -0.2) is 14.2 Å². The standard InChI is InChI=1S/C22H20ClFN4O4/c1-11-8-13(23)4-5-15(11)26-18-14(22(31)32-10-12-2-3-12)9-16-19(17(18)24)27-21(20(25)30)28(16)6-7-29/h4-5,7-9,12,26H,2-3,6,10H2,1H3,(H2,25,30). The van der Waals surface area contributed by atoms with Crippen LogP contribution in [0.15, 0.2) is 24.3 Å². The lowest BCUT2D eigenvalue weighted by atomic mass is 10.1. The maximum Gasteiger partial charge on any atom is 0.340 e. The first kappa shape index (κ1) is 21.8. The number of carbonyl (C=O) groups excluding carboxylic acids is 3. The van der Waals surface area contributed by atoms with Crippen LogP contribution in [-0.2, 0) is 16.1 Å². The lowest BCUT2D eigenvalue weighted by Crippen LogP contribution is -2.18. The Morgan fingerprint density at radius 2 is 2.12 bits per heavy atom. The van der Waals surface area contributed by atoms with Crippen LogP contribution in [0.1, 0.15) is 39.4 Å². The molecule has 3 aromatic rings. The second-order valence-corrected chi connectivity index (χ2v) is 8.12. The van der Waals surface area contributed by atoms with Crippen LogP contribution in [0, 0.1) is 18.7 Å². The van der Waals surface area contributed by atoms with Gasteiger partial charge in [0.2, 0.25) is 0 Å². The number of esters is 1. The van der Waals surface area contributed by atoms with Crippen molar-refractivity contribution in [2.75, 3.05) is 11.9 Å². The number of amides is 1. The highest BCUT2D eigenvalue weighted by Gasteiger charge is 2.28. The van der Waals surface area contributed by atoms with E-state index in [1.807, 2.05) is 0 Å². The number of anilines is 2. The maximum atomic E-state index is 15.7. The van der Waals surface area contributed by atoms with Crippen LogP contribution >= 0.6 is 11.6 Å². The molecule has 166 valence electrons. The number of hydrogen-bond donors (Lipinski definition) is 2. The average Bonchev–Trinajstić information content (AvgIpc) is 3.50. The van der Waals surface area contributed by atoms with Crippen molar-refractivity contribution in [2.24, 2.45) is 11.7 Å². The Balaban J connectivity index is 1.89. The van der Waals surface area contributed by atoms with Crippen molar-refractivity contribution >= 4 is 52.2 Å². The van der Waals surface area contributed by atoms with Crippen LogP contribution < -0.4 is 11.1 Å². The zero-order valence-electron chi connectivity index (χ0n) is 17.2. The van der Waals surface area contributed by atoms with E-state index in [2.05, 4.69) is 10.3 Å². The summed E-state index contributed by atoms with van der Waals surface area (Å²) in [6.45, 7) is 1.73. The summed E-state index contributed by atoms with van der Waals surface area (Å²) in [7, 11) is 0. The van der Waals surface area contributed by atoms with Crippen LogP contribution in [0.5, 0.6) is 0 Å². The van der Waals surface area contributed by atoms with Crippen molar-refractivity contribution in [2.45, 2.75) is 26.3 Å². The summed E-state index contributed by atoms with van der Waals surface area (Å²) >= 11 is 6.01. The third kappa shape index (κ3) is 4.16. The van der Waals surface area contributed by atoms with E-state index in [1.54, 1.807) is 25.1 Å². The predicted molar refractivity (Wildman–Crippen MR) is 117 cm³/mol. The van der Waals surface area contributed by atoms with Gasteiger partial charge in [-0.15, -0.1) is 0 Å². The summed E-state index contributed by atoms with van der Waals surface area (Å²) in [5.74, 6) is -2.51. The lowest BCUT2D eigenvalue weighted by Gasteiger charge is -2.15. The molecular formula is C22H20ClFN4O4. The number of carbonyl (C=O) groups is 3. The number of aryl methyl sites for hydroxylation is 1. The summed E-state index contributed by atoms with van der Waals surface area (Å²) in [6, 6.07) is 6.32. The van der Waals surface area contributed by atoms with Crippen LogP contribution in [0.4, 0.5) is 15.8 Å². The Bertz CT molecular complexity index is 1250. The molecule has 0 radical (unpaired) electrons. The van der Waals surface area contributed by atoms with E-state index in [9.17, 15) is 14.4 Å². The van der Waals surface area contributed by atoms with Gasteiger partial charge in [0.25, 0.3) is 5.91 Å². The largest absolute Gasteiger partial charge is 0.462 e. The van der Waals surface area contributed by atoms with Gasteiger partial charge >= 0.3 is 5.97 Å². The lowest BCUT2D eigenvalue weighted by molar-refractivity contribution is -0.108. The molecule has 3 N–H and O–H groups in total. The average molecular weight is 459 g/mol. The first-order valence-corrected chi connectivity index (χ1v) is 10.3. The Morgan fingerprint density at radius 1 is 1.38 bits per heavy atom. The zero-order valence-corrected chi connectivity index (χ0v) is 17.9. The number of fused-ring (bicyclic) bond motifs is 1. The molecule has 1 heterocycles. The number of ether oxygens (including phenoxy) is 1. The van der Waals surface area contributed by atoms with Gasteiger partial charge in [0.15, 0.2) is 11.6 Å². The van der Waals surface area contributed by atoms with E-state index in [4.69, 9.17) is 22.1 Å². The van der Waals surface area contributed by atoms with Gasteiger partial charge < -0.3 is 25.1 Å². The number of imidazole rings is 1. The Morgan fingerprint density at radius 3 is 2.75 bits per heavy atom. The van der Waals surface area contributed by atoms with Gasteiger partial charge in [-0.05, 0) is 55.5 Å². The molecule has 0 spiro atoms. The van der Waals surface area contributed by atoms with E-state index < -0.39 is 17.7 Å². The SMILES string of the molecule is Cc1cc(Cl)ccc1Nc1c(C(=O)OCC2CC2)cc2c(nc(C(N)=O)n2CC=O)c1F. The number of aromatic nitrogens is 2. The topological polar surface area (TPSA) is 116 Å². The van der Waals surface area contributed by atoms with Gasteiger partial charge in [0.05, 0.1) is 29.9 Å². The van der Waals surface area contributed by atoms with E-state index in [0.29, 0.717) is 22.9 Å². The van der Waals surface area contributed by atoms with Gasteiger partial charge in [-0.3, -0.25) is 4.79 Å². The van der Waals surface area contributed by atoms with Crippen LogP contribution in [-0.4, -0.2) is 34.3 Å². The first-order chi connectivity index (χ1) is 15.3. The highest BCUT2D eigenvalue weighted by molar-refractivity contribution is 6.30. The molecule has 32 heavy (non-hydrogen) atoms. The highest BCUT2D eigenvalue weighted by Crippen LogP contribution is 2.34.